The highest BCUT2D eigenvalue weighted by atomic mass is 16.5. The van der Waals surface area contributed by atoms with Gasteiger partial charge in [0.1, 0.15) is 0 Å². The van der Waals surface area contributed by atoms with Crippen LogP contribution in [0.5, 0.6) is 0 Å². The molecule has 1 fully saturated rings. The van der Waals surface area contributed by atoms with Crippen molar-refractivity contribution in [2.75, 3.05) is 31.6 Å². The van der Waals surface area contributed by atoms with E-state index < -0.39 is 0 Å². The first-order valence-corrected chi connectivity index (χ1v) is 7.55. The van der Waals surface area contributed by atoms with Crippen molar-refractivity contribution in [2.45, 2.75) is 38.8 Å². The maximum atomic E-state index is 5.77. The largest absolute Gasteiger partial charge is 0.384 e. The standard InChI is InChI=1S/C16H24N2O/c1-2-19-15-4-3-9-18(12-15)11-13-5-6-16-14(10-13)7-8-17-16/h5-6,10,15,17H,2-4,7-9,11-12H2,1H3. The molecule has 1 unspecified atom stereocenters. The number of nitrogens with one attached hydrogen (secondary N) is 1. The Morgan fingerprint density at radius 2 is 2.37 bits per heavy atom. The van der Waals surface area contributed by atoms with Gasteiger partial charge in [-0.3, -0.25) is 4.90 Å². The van der Waals surface area contributed by atoms with Crippen molar-refractivity contribution >= 4 is 5.69 Å². The van der Waals surface area contributed by atoms with Gasteiger partial charge < -0.3 is 10.1 Å². The van der Waals surface area contributed by atoms with Crippen LogP contribution in [-0.2, 0) is 17.7 Å². The van der Waals surface area contributed by atoms with Crippen LogP contribution in [0.2, 0.25) is 0 Å². The van der Waals surface area contributed by atoms with E-state index in [0.717, 1.165) is 26.2 Å². The van der Waals surface area contributed by atoms with Crippen molar-refractivity contribution in [2.24, 2.45) is 0 Å². The predicted octanol–water partition coefficient (Wildman–Crippen LogP) is 2.66. The second-order valence-corrected chi connectivity index (χ2v) is 5.62. The van der Waals surface area contributed by atoms with Crippen molar-refractivity contribution in [1.29, 1.82) is 0 Å². The number of fused-ring (bicyclic) bond motifs is 1. The molecule has 3 heteroatoms. The second-order valence-electron chi connectivity index (χ2n) is 5.62. The Morgan fingerprint density at radius 1 is 1.42 bits per heavy atom. The van der Waals surface area contributed by atoms with Crippen LogP contribution < -0.4 is 5.32 Å². The van der Waals surface area contributed by atoms with E-state index in [1.54, 1.807) is 0 Å². The van der Waals surface area contributed by atoms with Crippen LogP contribution >= 0.6 is 0 Å². The van der Waals surface area contributed by atoms with Crippen molar-refractivity contribution in [3.05, 3.63) is 29.3 Å². The average molecular weight is 260 g/mol. The van der Waals surface area contributed by atoms with Crippen molar-refractivity contribution in [1.82, 2.24) is 4.90 Å². The Balaban J connectivity index is 1.61. The lowest BCUT2D eigenvalue weighted by molar-refractivity contribution is 0.00363. The summed E-state index contributed by atoms with van der Waals surface area (Å²) in [6.07, 6.45) is 4.09. The highest BCUT2D eigenvalue weighted by molar-refractivity contribution is 5.56. The normalized spacial score (nSPS) is 23.1. The molecule has 104 valence electrons. The summed E-state index contributed by atoms with van der Waals surface area (Å²) in [5, 5.41) is 3.42. The molecule has 3 nitrogen and oxygen atoms in total. The predicted molar refractivity (Wildman–Crippen MR) is 78.6 cm³/mol. The lowest BCUT2D eigenvalue weighted by atomic mass is 10.0. The lowest BCUT2D eigenvalue weighted by Crippen LogP contribution is -2.39. The molecule has 19 heavy (non-hydrogen) atoms. The Morgan fingerprint density at radius 3 is 3.26 bits per heavy atom. The number of hydrogen-bond acceptors (Lipinski definition) is 3. The first-order chi connectivity index (χ1) is 9.35. The van der Waals surface area contributed by atoms with Gasteiger partial charge in [0.2, 0.25) is 0 Å². The van der Waals surface area contributed by atoms with E-state index in [1.807, 2.05) is 0 Å². The Hall–Kier alpha value is -1.06. The Kier molecular flexibility index (Phi) is 4.04. The molecule has 2 heterocycles. The van der Waals surface area contributed by atoms with E-state index >= 15 is 0 Å². The smallest absolute Gasteiger partial charge is 0.0702 e. The zero-order valence-electron chi connectivity index (χ0n) is 11.8. The van der Waals surface area contributed by atoms with E-state index in [-0.39, 0.29) is 0 Å². The molecule has 0 aliphatic carbocycles. The molecule has 3 rings (SSSR count). The van der Waals surface area contributed by atoms with Gasteiger partial charge >= 0.3 is 0 Å². The third-order valence-electron chi connectivity index (χ3n) is 4.15. The molecule has 0 amide bonds. The molecule has 2 aliphatic rings. The molecule has 0 radical (unpaired) electrons. The fourth-order valence-corrected chi connectivity index (χ4v) is 3.24. The Labute approximate surface area is 115 Å². The number of anilines is 1. The lowest BCUT2D eigenvalue weighted by Gasteiger charge is -2.32. The minimum Gasteiger partial charge on any atom is -0.384 e. The summed E-state index contributed by atoms with van der Waals surface area (Å²) in [5.41, 5.74) is 4.25. The van der Waals surface area contributed by atoms with Gasteiger partial charge in [-0.25, -0.2) is 0 Å². The average Bonchev–Trinajstić information content (AvgIpc) is 2.87. The molecule has 0 spiro atoms. The highest BCUT2D eigenvalue weighted by Gasteiger charge is 2.20. The summed E-state index contributed by atoms with van der Waals surface area (Å²) in [7, 11) is 0. The molecule has 1 aromatic carbocycles. The van der Waals surface area contributed by atoms with Crippen LogP contribution in [0.1, 0.15) is 30.9 Å². The maximum Gasteiger partial charge on any atom is 0.0702 e. The SMILES string of the molecule is CCOC1CCCN(Cc2ccc3c(c2)CCN3)C1. The molecule has 0 saturated carbocycles. The van der Waals surface area contributed by atoms with Gasteiger partial charge in [-0.05, 0) is 49.9 Å². The molecule has 2 aliphatic heterocycles. The number of rotatable bonds is 4. The maximum absolute atomic E-state index is 5.77. The quantitative estimate of drug-likeness (QED) is 0.900. The van der Waals surface area contributed by atoms with Crippen LogP contribution in [0.25, 0.3) is 0 Å². The molecule has 0 bridgehead atoms. The summed E-state index contributed by atoms with van der Waals surface area (Å²) < 4.78 is 5.77. The fourth-order valence-electron chi connectivity index (χ4n) is 3.24. The van der Waals surface area contributed by atoms with E-state index in [4.69, 9.17) is 4.74 Å². The van der Waals surface area contributed by atoms with Gasteiger partial charge in [0.05, 0.1) is 6.10 Å². The van der Waals surface area contributed by atoms with E-state index in [9.17, 15) is 0 Å². The number of hydrogen-bond donors (Lipinski definition) is 1. The Bertz CT molecular complexity index is 431. The summed E-state index contributed by atoms with van der Waals surface area (Å²) >= 11 is 0. The van der Waals surface area contributed by atoms with Crippen LogP contribution in [0.4, 0.5) is 5.69 Å². The summed E-state index contributed by atoms with van der Waals surface area (Å²) in [6.45, 7) is 7.38. The zero-order chi connectivity index (χ0) is 13.1. The number of benzene rings is 1. The molecule has 1 atom stereocenters. The van der Waals surface area contributed by atoms with Gasteiger partial charge in [-0.15, -0.1) is 0 Å². The second kappa shape index (κ2) is 5.93. The third kappa shape index (κ3) is 3.10. The molecular weight excluding hydrogens is 236 g/mol. The van der Waals surface area contributed by atoms with E-state index in [0.29, 0.717) is 6.10 Å². The van der Waals surface area contributed by atoms with Crippen molar-refractivity contribution < 1.29 is 4.74 Å². The number of ether oxygens (including phenoxy) is 1. The van der Waals surface area contributed by atoms with Gasteiger partial charge in [0, 0.05) is 31.9 Å². The van der Waals surface area contributed by atoms with Crippen LogP contribution in [-0.4, -0.2) is 37.2 Å². The molecule has 1 saturated heterocycles. The van der Waals surface area contributed by atoms with Crippen LogP contribution in [0, 0.1) is 0 Å². The highest BCUT2D eigenvalue weighted by Crippen LogP contribution is 2.24. The molecule has 1 N–H and O–H groups in total. The van der Waals surface area contributed by atoms with Gasteiger partial charge in [0.25, 0.3) is 0 Å². The summed E-state index contributed by atoms with van der Waals surface area (Å²) in [4.78, 5) is 2.54. The number of nitrogens with zero attached hydrogens (tertiary/aromatic N) is 1. The van der Waals surface area contributed by atoms with Gasteiger partial charge in [-0.1, -0.05) is 12.1 Å². The summed E-state index contributed by atoms with van der Waals surface area (Å²) in [5.74, 6) is 0. The monoisotopic (exact) mass is 260 g/mol. The molecule has 1 aromatic rings. The van der Waals surface area contributed by atoms with Crippen molar-refractivity contribution in [3.63, 3.8) is 0 Å². The van der Waals surface area contributed by atoms with Gasteiger partial charge in [-0.2, -0.15) is 0 Å². The third-order valence-corrected chi connectivity index (χ3v) is 4.15. The molecular formula is C16H24N2O. The van der Waals surface area contributed by atoms with Crippen LogP contribution in [0.3, 0.4) is 0 Å². The molecule has 0 aromatic heterocycles. The zero-order valence-corrected chi connectivity index (χ0v) is 11.8. The summed E-state index contributed by atoms with van der Waals surface area (Å²) in [6, 6.07) is 6.88. The van der Waals surface area contributed by atoms with Gasteiger partial charge in [0.15, 0.2) is 0 Å². The first-order valence-electron chi connectivity index (χ1n) is 7.55. The minimum absolute atomic E-state index is 0.440. The topological polar surface area (TPSA) is 24.5 Å². The van der Waals surface area contributed by atoms with Crippen molar-refractivity contribution in [3.8, 4) is 0 Å². The van der Waals surface area contributed by atoms with E-state index in [2.05, 4.69) is 35.3 Å². The minimum atomic E-state index is 0.440. The number of piperidine rings is 1. The van der Waals surface area contributed by atoms with E-state index in [1.165, 1.54) is 42.6 Å². The first kappa shape index (κ1) is 12.9. The fraction of sp³-hybridized carbons (Fsp3) is 0.625. The number of likely N-dealkylation sites (tertiary alicyclic amines) is 1. The van der Waals surface area contributed by atoms with Crippen LogP contribution in [0.15, 0.2) is 18.2 Å².